The van der Waals surface area contributed by atoms with Gasteiger partial charge in [0.2, 0.25) is 10.0 Å². The minimum atomic E-state index is -3.41. The molecule has 2 aromatic rings. The molecule has 2 aliphatic heterocycles. The molecule has 0 aliphatic carbocycles. The largest absolute Gasteiger partial charge is 0.325 e. The third kappa shape index (κ3) is 3.66. The number of hydrogen-bond donors (Lipinski definition) is 1. The third-order valence-corrected chi connectivity index (χ3v) is 7.33. The van der Waals surface area contributed by atoms with E-state index in [9.17, 15) is 22.8 Å². The zero-order valence-electron chi connectivity index (χ0n) is 18.0. The number of sulfonamides is 1. The molecule has 8 nitrogen and oxygen atoms in total. The SMILES string of the molecule is CCC1(c2ccccc2)NC(=O)N(CC(=O)c2ccc3c(c2)CCCN3S(C)(=O)=O)C1=O. The summed E-state index contributed by atoms with van der Waals surface area (Å²) < 4.78 is 25.4. The number of imide groups is 1. The van der Waals surface area contributed by atoms with Crippen LogP contribution in [-0.2, 0) is 26.8 Å². The van der Waals surface area contributed by atoms with Gasteiger partial charge in [-0.05, 0) is 48.6 Å². The zero-order valence-corrected chi connectivity index (χ0v) is 18.8. The fraction of sp³-hybridized carbons (Fsp3) is 0.348. The van der Waals surface area contributed by atoms with Gasteiger partial charge in [0.15, 0.2) is 5.78 Å². The summed E-state index contributed by atoms with van der Waals surface area (Å²) in [5.41, 5.74) is 1.15. The second kappa shape index (κ2) is 8.05. The van der Waals surface area contributed by atoms with Crippen LogP contribution in [0.3, 0.4) is 0 Å². The summed E-state index contributed by atoms with van der Waals surface area (Å²) in [7, 11) is -3.41. The van der Waals surface area contributed by atoms with Gasteiger partial charge in [0.05, 0.1) is 18.5 Å². The molecule has 9 heteroatoms. The van der Waals surface area contributed by atoms with E-state index < -0.39 is 27.5 Å². The number of carbonyl (C=O) groups excluding carboxylic acids is 3. The van der Waals surface area contributed by atoms with Crippen molar-refractivity contribution in [2.75, 3.05) is 23.7 Å². The van der Waals surface area contributed by atoms with Crippen LogP contribution in [0.15, 0.2) is 48.5 Å². The van der Waals surface area contributed by atoms with Crippen molar-refractivity contribution in [1.82, 2.24) is 10.2 Å². The normalized spacial score (nSPS) is 20.8. The number of Topliss-reactive ketones (excluding diaryl/α,β-unsaturated/α-hetero) is 1. The van der Waals surface area contributed by atoms with E-state index in [0.717, 1.165) is 16.7 Å². The van der Waals surface area contributed by atoms with E-state index in [0.29, 0.717) is 42.6 Å². The Hall–Kier alpha value is -3.20. The van der Waals surface area contributed by atoms with Gasteiger partial charge in [0.1, 0.15) is 5.54 Å². The van der Waals surface area contributed by atoms with E-state index in [1.807, 2.05) is 13.0 Å². The summed E-state index contributed by atoms with van der Waals surface area (Å²) in [4.78, 5) is 39.8. The number of fused-ring (bicyclic) bond motifs is 1. The van der Waals surface area contributed by atoms with Gasteiger partial charge in [-0.3, -0.25) is 18.8 Å². The van der Waals surface area contributed by atoms with Crippen LogP contribution in [0.5, 0.6) is 0 Å². The molecule has 3 amide bonds. The van der Waals surface area contributed by atoms with Crippen LogP contribution in [0.4, 0.5) is 10.5 Å². The Morgan fingerprint density at radius 1 is 1.12 bits per heavy atom. The lowest BCUT2D eigenvalue weighted by atomic mass is 9.87. The van der Waals surface area contributed by atoms with Gasteiger partial charge >= 0.3 is 6.03 Å². The number of nitrogens with one attached hydrogen (secondary N) is 1. The van der Waals surface area contributed by atoms with Crippen molar-refractivity contribution >= 4 is 33.4 Å². The summed E-state index contributed by atoms with van der Waals surface area (Å²) in [6.07, 6.45) is 2.82. The number of hydrogen-bond acceptors (Lipinski definition) is 5. The van der Waals surface area contributed by atoms with E-state index in [1.165, 1.54) is 4.31 Å². The van der Waals surface area contributed by atoms with Gasteiger partial charge in [-0.2, -0.15) is 0 Å². The first-order valence-corrected chi connectivity index (χ1v) is 12.4. The van der Waals surface area contributed by atoms with Crippen LogP contribution >= 0.6 is 0 Å². The number of ketones is 1. The number of anilines is 1. The summed E-state index contributed by atoms with van der Waals surface area (Å²) in [5.74, 6) is -0.835. The predicted molar refractivity (Wildman–Crippen MR) is 120 cm³/mol. The molecule has 4 rings (SSSR count). The molecule has 0 spiro atoms. The van der Waals surface area contributed by atoms with Crippen LogP contribution in [0, 0.1) is 0 Å². The van der Waals surface area contributed by atoms with Crippen molar-refractivity contribution in [3.63, 3.8) is 0 Å². The Bertz CT molecular complexity index is 1200. The van der Waals surface area contributed by atoms with Crippen LogP contribution in [0.25, 0.3) is 0 Å². The van der Waals surface area contributed by atoms with Gasteiger partial charge in [-0.25, -0.2) is 13.2 Å². The first-order chi connectivity index (χ1) is 15.2. The highest BCUT2D eigenvalue weighted by atomic mass is 32.2. The second-order valence-electron chi connectivity index (χ2n) is 8.15. The molecular formula is C23H25N3O5S. The van der Waals surface area contributed by atoms with Crippen LogP contribution < -0.4 is 9.62 Å². The van der Waals surface area contributed by atoms with Crippen LogP contribution in [0.2, 0.25) is 0 Å². The van der Waals surface area contributed by atoms with E-state index in [4.69, 9.17) is 0 Å². The number of carbonyl (C=O) groups is 3. The highest BCUT2D eigenvalue weighted by Crippen LogP contribution is 2.33. The lowest BCUT2D eigenvalue weighted by Crippen LogP contribution is -2.43. The fourth-order valence-corrected chi connectivity index (χ4v) is 5.44. The number of benzene rings is 2. The molecule has 0 radical (unpaired) electrons. The Balaban J connectivity index is 1.58. The Morgan fingerprint density at radius 3 is 2.50 bits per heavy atom. The molecule has 0 saturated carbocycles. The monoisotopic (exact) mass is 455 g/mol. The second-order valence-corrected chi connectivity index (χ2v) is 10.1. The molecule has 2 aromatic carbocycles. The van der Waals surface area contributed by atoms with E-state index in [-0.39, 0.29) is 12.3 Å². The fourth-order valence-electron chi connectivity index (χ4n) is 4.45. The van der Waals surface area contributed by atoms with Crippen LogP contribution in [0.1, 0.15) is 41.3 Å². The highest BCUT2D eigenvalue weighted by Gasteiger charge is 2.51. The number of nitrogens with zero attached hydrogens (tertiary/aromatic N) is 2. The molecule has 0 bridgehead atoms. The van der Waals surface area contributed by atoms with Gasteiger partial charge < -0.3 is 5.32 Å². The van der Waals surface area contributed by atoms with Crippen molar-refractivity contribution in [3.05, 3.63) is 65.2 Å². The van der Waals surface area contributed by atoms with E-state index in [2.05, 4.69) is 5.32 Å². The van der Waals surface area contributed by atoms with E-state index >= 15 is 0 Å². The average Bonchev–Trinajstić information content (AvgIpc) is 3.03. The summed E-state index contributed by atoms with van der Waals surface area (Å²) >= 11 is 0. The molecular weight excluding hydrogens is 430 g/mol. The number of urea groups is 1. The number of amides is 3. The zero-order chi connectivity index (χ0) is 23.1. The smallest absolute Gasteiger partial charge is 0.319 e. The van der Waals surface area contributed by atoms with Crippen molar-refractivity contribution in [3.8, 4) is 0 Å². The molecule has 0 aromatic heterocycles. The topological polar surface area (TPSA) is 104 Å². The predicted octanol–water partition coefficient (Wildman–Crippen LogP) is 2.44. The number of aryl methyl sites for hydroxylation is 1. The first kappa shape index (κ1) is 22.0. The lowest BCUT2D eigenvalue weighted by Gasteiger charge is -2.29. The van der Waals surface area contributed by atoms with Crippen LogP contribution in [-0.4, -0.2) is 50.4 Å². The molecule has 2 aliphatic rings. The maximum Gasteiger partial charge on any atom is 0.325 e. The molecule has 168 valence electrons. The highest BCUT2D eigenvalue weighted by molar-refractivity contribution is 7.92. The minimum Gasteiger partial charge on any atom is -0.319 e. The molecule has 1 saturated heterocycles. The molecule has 1 unspecified atom stereocenters. The summed E-state index contributed by atoms with van der Waals surface area (Å²) in [6, 6.07) is 13.2. The molecule has 1 atom stereocenters. The van der Waals surface area contributed by atoms with Crippen molar-refractivity contribution in [2.45, 2.75) is 31.7 Å². The Labute approximate surface area is 187 Å². The summed E-state index contributed by atoms with van der Waals surface area (Å²) in [5, 5.41) is 2.77. The quantitative estimate of drug-likeness (QED) is 0.532. The van der Waals surface area contributed by atoms with E-state index in [1.54, 1.807) is 42.5 Å². The van der Waals surface area contributed by atoms with Crippen molar-refractivity contribution in [1.29, 1.82) is 0 Å². The maximum absolute atomic E-state index is 13.2. The lowest BCUT2D eigenvalue weighted by molar-refractivity contribution is -0.131. The molecule has 1 fully saturated rings. The minimum absolute atomic E-state index is 0.341. The standard InChI is InChI=1S/C23H25N3O5S/c1-3-23(18-9-5-4-6-10-18)21(28)25(22(29)24-23)15-20(27)17-11-12-19-16(14-17)8-7-13-26(19)32(2,30)31/h4-6,9-12,14H,3,7-8,13,15H2,1-2H3,(H,24,29). The Kier molecular flexibility index (Phi) is 5.54. The van der Waals surface area contributed by atoms with Gasteiger partial charge in [-0.1, -0.05) is 37.3 Å². The first-order valence-electron chi connectivity index (χ1n) is 10.5. The van der Waals surface area contributed by atoms with Gasteiger partial charge in [0, 0.05) is 12.1 Å². The Morgan fingerprint density at radius 2 is 1.84 bits per heavy atom. The summed E-state index contributed by atoms with van der Waals surface area (Å²) in [6.45, 7) is 1.83. The molecule has 1 N–H and O–H groups in total. The molecule has 2 heterocycles. The number of rotatable bonds is 6. The third-order valence-electron chi connectivity index (χ3n) is 6.15. The van der Waals surface area contributed by atoms with Gasteiger partial charge in [0.25, 0.3) is 5.91 Å². The average molecular weight is 456 g/mol. The van der Waals surface area contributed by atoms with Crippen molar-refractivity contribution < 1.29 is 22.8 Å². The maximum atomic E-state index is 13.2. The van der Waals surface area contributed by atoms with Gasteiger partial charge in [-0.15, -0.1) is 0 Å². The van der Waals surface area contributed by atoms with Crippen molar-refractivity contribution in [2.24, 2.45) is 0 Å². The molecule has 32 heavy (non-hydrogen) atoms.